The number of amides is 1. The molecule has 0 aliphatic carbocycles. The van der Waals surface area contributed by atoms with E-state index in [0.717, 1.165) is 27.8 Å². The molecule has 0 radical (unpaired) electrons. The van der Waals surface area contributed by atoms with Crippen molar-refractivity contribution in [2.45, 2.75) is 52.5 Å². The highest BCUT2D eigenvalue weighted by atomic mass is 35.5. The zero-order valence-electron chi connectivity index (χ0n) is 19.7. The summed E-state index contributed by atoms with van der Waals surface area (Å²) in [5.41, 5.74) is 6.95. The molecule has 0 fully saturated rings. The van der Waals surface area contributed by atoms with Crippen LogP contribution in [0.5, 0.6) is 0 Å². The molecule has 1 atom stereocenters. The highest BCUT2D eigenvalue weighted by Crippen LogP contribution is 2.27. The Hall–Kier alpha value is -2.83. The molecule has 0 aliphatic rings. The van der Waals surface area contributed by atoms with Gasteiger partial charge in [0.05, 0.1) is 16.8 Å². The number of halogens is 1. The number of benzene rings is 3. The molecule has 0 aliphatic heterocycles. The van der Waals surface area contributed by atoms with Crippen LogP contribution >= 0.6 is 11.6 Å². The van der Waals surface area contributed by atoms with E-state index in [4.69, 9.17) is 11.6 Å². The lowest BCUT2D eigenvalue weighted by molar-refractivity contribution is 0.0939. The third kappa shape index (κ3) is 5.57. The smallest absolute Gasteiger partial charge is 0.263 e. The van der Waals surface area contributed by atoms with Crippen molar-refractivity contribution in [3.63, 3.8) is 0 Å². The molecule has 5 nitrogen and oxygen atoms in total. The van der Waals surface area contributed by atoms with Crippen LogP contribution in [0.25, 0.3) is 0 Å². The van der Waals surface area contributed by atoms with Crippen LogP contribution in [0.1, 0.15) is 56.7 Å². The Bertz CT molecular complexity index is 1330. The minimum atomic E-state index is -4.00. The molecule has 0 aromatic heterocycles. The van der Waals surface area contributed by atoms with Gasteiger partial charge in [-0.05, 0) is 93.6 Å². The Morgan fingerprint density at radius 1 is 0.848 bits per heavy atom. The number of carbonyl (C=O) groups is 1. The van der Waals surface area contributed by atoms with Crippen molar-refractivity contribution in [3.8, 4) is 0 Å². The summed E-state index contributed by atoms with van der Waals surface area (Å²) in [6.45, 7) is 11.8. The van der Waals surface area contributed by atoms with Gasteiger partial charge in [0, 0.05) is 5.56 Å². The van der Waals surface area contributed by atoms with Crippen molar-refractivity contribution in [1.29, 1.82) is 0 Å². The molecule has 0 spiro atoms. The van der Waals surface area contributed by atoms with Crippen LogP contribution in [0, 0.1) is 34.6 Å². The van der Waals surface area contributed by atoms with Gasteiger partial charge in [-0.15, -0.1) is 0 Å². The Labute approximate surface area is 201 Å². The maximum atomic E-state index is 13.1. The number of nitrogens with one attached hydrogen (secondary N) is 2. The fourth-order valence-electron chi connectivity index (χ4n) is 3.79. The van der Waals surface area contributed by atoms with Crippen LogP contribution in [0.2, 0.25) is 5.02 Å². The molecular formula is C26H29ClN2O3S. The molecule has 7 heteroatoms. The fourth-order valence-corrected chi connectivity index (χ4v) is 5.44. The Balaban J connectivity index is 1.87. The molecule has 3 aromatic rings. The molecule has 3 rings (SSSR count). The predicted octanol–water partition coefficient (Wildman–Crippen LogP) is 6.17. The Morgan fingerprint density at radius 2 is 1.52 bits per heavy atom. The van der Waals surface area contributed by atoms with Gasteiger partial charge in [0.25, 0.3) is 15.9 Å². The van der Waals surface area contributed by atoms with Crippen molar-refractivity contribution in [1.82, 2.24) is 5.32 Å². The number of carbonyl (C=O) groups excluding carboxylic acids is 1. The van der Waals surface area contributed by atoms with Gasteiger partial charge in [0.15, 0.2) is 0 Å². The molecule has 0 saturated heterocycles. The van der Waals surface area contributed by atoms with Crippen molar-refractivity contribution < 1.29 is 13.2 Å². The van der Waals surface area contributed by atoms with Gasteiger partial charge < -0.3 is 5.32 Å². The molecule has 0 bridgehead atoms. The second-order valence-electron chi connectivity index (χ2n) is 8.56. The maximum absolute atomic E-state index is 13.1. The van der Waals surface area contributed by atoms with Gasteiger partial charge >= 0.3 is 0 Å². The lowest BCUT2D eigenvalue weighted by Gasteiger charge is -2.19. The fraction of sp³-hybridized carbons (Fsp3) is 0.269. The van der Waals surface area contributed by atoms with Gasteiger partial charge in [-0.2, -0.15) is 0 Å². The van der Waals surface area contributed by atoms with E-state index >= 15 is 0 Å². The van der Waals surface area contributed by atoms with Crippen molar-refractivity contribution in [2.75, 3.05) is 4.72 Å². The van der Waals surface area contributed by atoms with E-state index in [9.17, 15) is 13.2 Å². The van der Waals surface area contributed by atoms with Gasteiger partial charge in [-0.25, -0.2) is 8.42 Å². The second kappa shape index (κ2) is 9.57. The average Bonchev–Trinajstić information content (AvgIpc) is 2.72. The standard InChI is InChI=1S/C26H29ClN2O3S/c1-15-7-10-24(19(5)11-15)29-33(31,32)25-14-21(8-9-23(25)27)26(30)28-20(6)22-13-17(3)16(2)12-18(22)4/h7-14,20,29H,1-6H3,(H,28,30)/t20-/m0/s1. The van der Waals surface area contributed by atoms with Gasteiger partial charge in [0.2, 0.25) is 0 Å². The quantitative estimate of drug-likeness (QED) is 0.439. The van der Waals surface area contributed by atoms with E-state index in [1.165, 1.54) is 23.8 Å². The van der Waals surface area contributed by atoms with E-state index in [2.05, 4.69) is 29.1 Å². The summed E-state index contributed by atoms with van der Waals surface area (Å²) < 4.78 is 28.7. The van der Waals surface area contributed by atoms with Gasteiger partial charge in [-0.3, -0.25) is 9.52 Å². The molecule has 0 unspecified atom stereocenters. The first kappa shape index (κ1) is 24.8. The molecule has 3 aromatic carbocycles. The van der Waals surface area contributed by atoms with E-state index in [1.807, 2.05) is 46.8 Å². The third-order valence-corrected chi connectivity index (χ3v) is 7.65. The van der Waals surface area contributed by atoms with Crippen LogP contribution in [0.15, 0.2) is 53.4 Å². The number of sulfonamides is 1. The highest BCUT2D eigenvalue weighted by Gasteiger charge is 2.22. The minimum Gasteiger partial charge on any atom is -0.346 e. The SMILES string of the molecule is Cc1ccc(NS(=O)(=O)c2cc(C(=O)N[C@@H](C)c3cc(C)c(C)cc3C)ccc2Cl)c(C)c1. The molecule has 1 amide bonds. The Kier molecular flexibility index (Phi) is 7.20. The average molecular weight is 485 g/mol. The lowest BCUT2D eigenvalue weighted by Crippen LogP contribution is -2.27. The van der Waals surface area contributed by atoms with Crippen molar-refractivity contribution in [2.24, 2.45) is 0 Å². The molecule has 33 heavy (non-hydrogen) atoms. The first-order valence-corrected chi connectivity index (χ1v) is 12.5. The van der Waals surface area contributed by atoms with Crippen LogP contribution in [-0.4, -0.2) is 14.3 Å². The van der Waals surface area contributed by atoms with Crippen molar-refractivity contribution >= 4 is 33.2 Å². The topological polar surface area (TPSA) is 75.3 Å². The monoisotopic (exact) mass is 484 g/mol. The van der Waals surface area contributed by atoms with Gasteiger partial charge in [-0.1, -0.05) is 41.4 Å². The van der Waals surface area contributed by atoms with Crippen LogP contribution in [0.4, 0.5) is 5.69 Å². The first-order chi connectivity index (χ1) is 15.4. The second-order valence-corrected chi connectivity index (χ2v) is 10.6. The molecule has 0 saturated carbocycles. The maximum Gasteiger partial charge on any atom is 0.263 e. The summed E-state index contributed by atoms with van der Waals surface area (Å²) in [7, 11) is -4.00. The molecule has 0 heterocycles. The summed E-state index contributed by atoms with van der Waals surface area (Å²) in [6.07, 6.45) is 0. The zero-order valence-corrected chi connectivity index (χ0v) is 21.3. The Morgan fingerprint density at radius 3 is 2.18 bits per heavy atom. The van der Waals surface area contributed by atoms with E-state index in [1.54, 1.807) is 6.07 Å². The molecule has 2 N–H and O–H groups in total. The van der Waals surface area contributed by atoms with Crippen LogP contribution in [0.3, 0.4) is 0 Å². The van der Waals surface area contributed by atoms with Crippen LogP contribution in [-0.2, 0) is 10.0 Å². The predicted molar refractivity (Wildman–Crippen MR) is 135 cm³/mol. The van der Waals surface area contributed by atoms with E-state index < -0.39 is 10.0 Å². The largest absolute Gasteiger partial charge is 0.346 e. The number of anilines is 1. The van der Waals surface area contributed by atoms with Gasteiger partial charge in [0.1, 0.15) is 4.90 Å². The lowest BCUT2D eigenvalue weighted by atomic mass is 9.96. The first-order valence-electron chi connectivity index (χ1n) is 10.7. The minimum absolute atomic E-state index is 0.0434. The third-order valence-electron chi connectivity index (χ3n) is 5.81. The molecular weight excluding hydrogens is 456 g/mol. The number of rotatable bonds is 6. The number of hydrogen-bond donors (Lipinski definition) is 2. The zero-order chi connectivity index (χ0) is 24.5. The van der Waals surface area contributed by atoms with Crippen molar-refractivity contribution in [3.05, 3.63) is 92.5 Å². The highest BCUT2D eigenvalue weighted by molar-refractivity contribution is 7.92. The summed E-state index contributed by atoms with van der Waals surface area (Å²) in [4.78, 5) is 12.8. The molecule has 174 valence electrons. The van der Waals surface area contributed by atoms with E-state index in [-0.39, 0.29) is 27.4 Å². The number of hydrogen-bond acceptors (Lipinski definition) is 3. The van der Waals surface area contributed by atoms with E-state index in [0.29, 0.717) is 5.69 Å². The van der Waals surface area contributed by atoms with Crippen LogP contribution < -0.4 is 10.0 Å². The number of aryl methyl sites for hydroxylation is 5. The summed E-state index contributed by atoms with van der Waals surface area (Å²) in [6, 6.07) is 13.6. The summed E-state index contributed by atoms with van der Waals surface area (Å²) >= 11 is 6.22. The summed E-state index contributed by atoms with van der Waals surface area (Å²) in [5.74, 6) is -0.375. The normalized spacial score (nSPS) is 12.3. The summed E-state index contributed by atoms with van der Waals surface area (Å²) in [5, 5.41) is 3.01.